The van der Waals surface area contributed by atoms with Crippen molar-refractivity contribution in [2.75, 3.05) is 23.7 Å². The molecule has 0 amide bonds. The van der Waals surface area contributed by atoms with E-state index < -0.39 is 22.6 Å². The minimum absolute atomic E-state index is 0.0588. The predicted molar refractivity (Wildman–Crippen MR) is 136 cm³/mol. The van der Waals surface area contributed by atoms with Gasteiger partial charge in [-0.25, -0.2) is 0 Å². The summed E-state index contributed by atoms with van der Waals surface area (Å²) in [5, 5.41) is 6.25. The number of rotatable bonds is 13. The van der Waals surface area contributed by atoms with Crippen molar-refractivity contribution in [1.29, 1.82) is 0 Å². The lowest BCUT2D eigenvalue weighted by molar-refractivity contribution is -0.137. The molecule has 2 aromatic rings. The van der Waals surface area contributed by atoms with Gasteiger partial charge in [0.1, 0.15) is 11.4 Å². The van der Waals surface area contributed by atoms with Crippen LogP contribution in [-0.4, -0.2) is 30.1 Å². The Labute approximate surface area is 205 Å². The van der Waals surface area contributed by atoms with Crippen molar-refractivity contribution < 1.29 is 13.2 Å². The molecule has 3 rings (SSSR count). The van der Waals surface area contributed by atoms with Gasteiger partial charge >= 0.3 is 6.18 Å². The second-order valence-corrected chi connectivity index (χ2v) is 9.66. The number of hydrogen-bond donors (Lipinski definition) is 2. The zero-order valence-electron chi connectivity index (χ0n) is 20.8. The molecule has 8 heteroatoms. The molecule has 1 saturated carbocycles. The van der Waals surface area contributed by atoms with E-state index in [9.17, 15) is 22.8 Å². The minimum Gasteiger partial charge on any atom is -0.376 e. The van der Waals surface area contributed by atoms with Gasteiger partial charge in [0.05, 0.1) is 5.56 Å². The first-order valence-corrected chi connectivity index (χ1v) is 13.0. The van der Waals surface area contributed by atoms with Gasteiger partial charge in [0.15, 0.2) is 0 Å². The predicted octanol–water partition coefficient (Wildman–Crippen LogP) is 6.45. The van der Waals surface area contributed by atoms with E-state index in [2.05, 4.69) is 29.4 Å². The molecule has 194 valence electrons. The molecule has 2 aromatic carbocycles. The summed E-state index contributed by atoms with van der Waals surface area (Å²) in [5.74, 6) is 0. The highest BCUT2D eigenvalue weighted by atomic mass is 19.4. The fraction of sp³-hybridized carbons (Fsp3) is 0.630. The molecule has 0 aromatic heterocycles. The van der Waals surface area contributed by atoms with Crippen LogP contribution >= 0.6 is 0 Å². The first-order chi connectivity index (χ1) is 16.8. The van der Waals surface area contributed by atoms with Crippen molar-refractivity contribution in [1.82, 2.24) is 4.90 Å². The molecule has 0 bridgehead atoms. The molecule has 0 spiro atoms. The summed E-state index contributed by atoms with van der Waals surface area (Å²) in [6.45, 7) is 6.46. The fourth-order valence-corrected chi connectivity index (χ4v) is 5.01. The molecule has 1 aliphatic carbocycles. The fourth-order valence-electron chi connectivity index (χ4n) is 5.01. The maximum Gasteiger partial charge on any atom is 0.416 e. The maximum absolute atomic E-state index is 12.9. The van der Waals surface area contributed by atoms with Crippen LogP contribution in [-0.2, 0) is 6.18 Å². The van der Waals surface area contributed by atoms with E-state index in [1.807, 2.05) is 0 Å². The summed E-state index contributed by atoms with van der Waals surface area (Å²) in [4.78, 5) is 27.3. The van der Waals surface area contributed by atoms with Gasteiger partial charge in [-0.1, -0.05) is 52.4 Å². The Kier molecular flexibility index (Phi) is 9.78. The van der Waals surface area contributed by atoms with E-state index in [4.69, 9.17) is 0 Å². The molecule has 0 saturated heterocycles. The third-order valence-corrected chi connectivity index (χ3v) is 7.02. The Bertz CT molecular complexity index is 987. The molecule has 0 radical (unpaired) electrons. The zero-order valence-corrected chi connectivity index (χ0v) is 20.8. The highest BCUT2D eigenvalue weighted by Crippen LogP contribution is 2.32. The molecule has 0 heterocycles. The monoisotopic (exact) mass is 493 g/mol. The molecule has 0 aliphatic heterocycles. The van der Waals surface area contributed by atoms with Crippen LogP contribution in [0.15, 0.2) is 33.9 Å². The SMILES string of the molecule is CCCCCN(CCCCC)[C@@H]1CCCC[C@H]1Nc1c(Nc2ccc(C(F)(F)F)cc2)c(=O)c1=O. The van der Waals surface area contributed by atoms with Crippen LogP contribution in [0.2, 0.25) is 0 Å². The molecular weight excluding hydrogens is 455 g/mol. The zero-order chi connectivity index (χ0) is 25.4. The highest BCUT2D eigenvalue weighted by Gasteiger charge is 2.33. The van der Waals surface area contributed by atoms with E-state index >= 15 is 0 Å². The largest absolute Gasteiger partial charge is 0.416 e. The Morgan fingerprint density at radius 2 is 1.43 bits per heavy atom. The van der Waals surface area contributed by atoms with Crippen molar-refractivity contribution in [3.63, 3.8) is 0 Å². The van der Waals surface area contributed by atoms with Crippen LogP contribution in [0, 0.1) is 0 Å². The van der Waals surface area contributed by atoms with Gasteiger partial charge in [-0.05, 0) is 63.0 Å². The minimum atomic E-state index is -4.43. The lowest BCUT2D eigenvalue weighted by Crippen LogP contribution is -2.51. The summed E-state index contributed by atoms with van der Waals surface area (Å²) in [5.41, 5.74) is -1.22. The number of nitrogens with zero attached hydrogens (tertiary/aromatic N) is 1. The molecule has 2 atom stereocenters. The van der Waals surface area contributed by atoms with Crippen molar-refractivity contribution in [2.45, 2.75) is 96.3 Å². The smallest absolute Gasteiger partial charge is 0.376 e. The van der Waals surface area contributed by atoms with E-state index in [1.165, 1.54) is 25.0 Å². The summed E-state index contributed by atoms with van der Waals surface area (Å²) in [7, 11) is 0. The first kappa shape index (κ1) is 27.2. The summed E-state index contributed by atoms with van der Waals surface area (Å²) in [6.07, 6.45) is 6.74. The van der Waals surface area contributed by atoms with Crippen LogP contribution in [0.1, 0.15) is 83.6 Å². The van der Waals surface area contributed by atoms with Crippen molar-refractivity contribution in [2.24, 2.45) is 0 Å². The number of alkyl halides is 3. The molecule has 5 nitrogen and oxygen atoms in total. The van der Waals surface area contributed by atoms with Crippen molar-refractivity contribution in [3.8, 4) is 0 Å². The molecular formula is C27H38F3N3O2. The Hall–Kier alpha value is -2.35. The Morgan fingerprint density at radius 3 is 2.00 bits per heavy atom. The Balaban J connectivity index is 1.74. The second kappa shape index (κ2) is 12.6. The topological polar surface area (TPSA) is 61.4 Å². The molecule has 0 unspecified atom stereocenters. The highest BCUT2D eigenvalue weighted by molar-refractivity contribution is 5.79. The maximum atomic E-state index is 12.9. The van der Waals surface area contributed by atoms with Crippen molar-refractivity contribution >= 4 is 17.1 Å². The number of halogens is 3. The third kappa shape index (κ3) is 7.09. The average molecular weight is 494 g/mol. The number of hydrogen-bond acceptors (Lipinski definition) is 5. The van der Waals surface area contributed by atoms with Gasteiger partial charge in [-0.2, -0.15) is 13.2 Å². The van der Waals surface area contributed by atoms with Gasteiger partial charge < -0.3 is 10.6 Å². The van der Waals surface area contributed by atoms with Crippen LogP contribution in [0.4, 0.5) is 30.2 Å². The quantitative estimate of drug-likeness (QED) is 0.248. The van der Waals surface area contributed by atoms with Gasteiger partial charge in [0, 0.05) is 17.8 Å². The Morgan fingerprint density at radius 1 is 0.857 bits per heavy atom. The van der Waals surface area contributed by atoms with Crippen LogP contribution in [0.5, 0.6) is 0 Å². The lowest BCUT2D eigenvalue weighted by atomic mass is 9.88. The third-order valence-electron chi connectivity index (χ3n) is 7.02. The number of anilines is 3. The number of nitrogens with one attached hydrogen (secondary N) is 2. The summed E-state index contributed by atoms with van der Waals surface area (Å²) >= 11 is 0. The second-order valence-electron chi connectivity index (χ2n) is 9.66. The van der Waals surface area contributed by atoms with Gasteiger partial charge in [-0.3, -0.25) is 14.5 Å². The van der Waals surface area contributed by atoms with E-state index in [0.717, 1.165) is 76.6 Å². The van der Waals surface area contributed by atoms with Gasteiger partial charge in [0.2, 0.25) is 0 Å². The van der Waals surface area contributed by atoms with E-state index in [-0.39, 0.29) is 17.4 Å². The van der Waals surface area contributed by atoms with Crippen LogP contribution in [0.25, 0.3) is 0 Å². The molecule has 2 N–H and O–H groups in total. The van der Waals surface area contributed by atoms with E-state index in [0.29, 0.717) is 11.7 Å². The average Bonchev–Trinajstić information content (AvgIpc) is 2.85. The molecule has 1 aliphatic rings. The number of unbranched alkanes of at least 4 members (excludes halogenated alkanes) is 4. The van der Waals surface area contributed by atoms with Crippen molar-refractivity contribution in [3.05, 3.63) is 50.3 Å². The molecule has 1 fully saturated rings. The summed E-state index contributed by atoms with van der Waals surface area (Å²) < 4.78 is 38.6. The van der Waals surface area contributed by atoms with Gasteiger partial charge in [0.25, 0.3) is 10.9 Å². The first-order valence-electron chi connectivity index (χ1n) is 13.0. The molecule has 35 heavy (non-hydrogen) atoms. The summed E-state index contributed by atoms with van der Waals surface area (Å²) in [6, 6.07) is 4.82. The van der Waals surface area contributed by atoms with Gasteiger partial charge in [-0.15, -0.1) is 0 Å². The normalized spacial score (nSPS) is 18.8. The van der Waals surface area contributed by atoms with Crippen LogP contribution in [0.3, 0.4) is 0 Å². The lowest BCUT2D eigenvalue weighted by Gasteiger charge is -2.41. The number of benzene rings is 1. The standard InChI is InChI=1S/C27H38F3N3O2/c1-3-5-9-17-33(18-10-6-4-2)22-12-8-7-11-21(22)32-24-23(25(34)26(24)35)31-20-15-13-19(14-16-20)27(28,29)30/h13-16,21-22,31-32H,3-12,17-18H2,1-2H3/t21-,22-/m1/s1. The van der Waals surface area contributed by atoms with Crippen LogP contribution < -0.4 is 21.5 Å². The van der Waals surface area contributed by atoms with E-state index in [1.54, 1.807) is 0 Å².